The Balaban J connectivity index is 2.75. The first-order chi connectivity index (χ1) is 7.63. The van der Waals surface area contributed by atoms with Gasteiger partial charge >= 0.3 is 0 Å². The first-order valence-electron chi connectivity index (χ1n) is 4.81. The zero-order chi connectivity index (χ0) is 12.0. The Kier molecular flexibility index (Phi) is 5.06. The zero-order valence-electron chi connectivity index (χ0n) is 8.78. The number of halogens is 2. The van der Waals surface area contributed by atoms with E-state index in [1.54, 1.807) is 24.3 Å². The molecule has 86 valence electrons. The third-order valence-corrected chi connectivity index (χ3v) is 2.69. The predicted molar refractivity (Wildman–Crippen MR) is 61.6 cm³/mol. The van der Waals surface area contributed by atoms with Gasteiger partial charge in [-0.1, -0.05) is 23.9 Å². The molecule has 0 heterocycles. The Bertz CT molecular complexity index is 376. The van der Waals surface area contributed by atoms with Crippen LogP contribution in [0.25, 0.3) is 0 Å². The lowest BCUT2D eigenvalue weighted by Crippen LogP contribution is -2.14. The van der Waals surface area contributed by atoms with Crippen LogP contribution in [0.3, 0.4) is 0 Å². The molecule has 0 amide bonds. The molecule has 0 aliphatic rings. The SMILES string of the molecule is CC(CC#N)Nc1ccccc1SC(F)F. The van der Waals surface area contributed by atoms with Gasteiger partial charge in [0.2, 0.25) is 0 Å². The van der Waals surface area contributed by atoms with E-state index < -0.39 is 5.76 Å². The molecular formula is C11H12F2N2S. The van der Waals surface area contributed by atoms with Gasteiger partial charge in [-0.3, -0.25) is 0 Å². The van der Waals surface area contributed by atoms with Crippen molar-refractivity contribution in [3.05, 3.63) is 24.3 Å². The summed E-state index contributed by atoms with van der Waals surface area (Å²) in [6.45, 7) is 1.84. The van der Waals surface area contributed by atoms with Crippen molar-refractivity contribution in [3.8, 4) is 6.07 Å². The quantitative estimate of drug-likeness (QED) is 0.799. The van der Waals surface area contributed by atoms with Crippen molar-refractivity contribution in [2.24, 2.45) is 0 Å². The molecule has 0 radical (unpaired) electrons. The molecule has 1 rings (SSSR count). The number of nitrogens with one attached hydrogen (secondary N) is 1. The van der Waals surface area contributed by atoms with Crippen LogP contribution in [0.5, 0.6) is 0 Å². The number of hydrogen-bond donors (Lipinski definition) is 1. The van der Waals surface area contributed by atoms with Crippen LogP contribution in [-0.2, 0) is 0 Å². The number of rotatable bonds is 5. The second-order valence-corrected chi connectivity index (χ2v) is 4.31. The number of para-hydroxylation sites is 1. The Morgan fingerprint density at radius 1 is 1.44 bits per heavy atom. The van der Waals surface area contributed by atoms with E-state index in [1.165, 1.54) is 0 Å². The molecular weight excluding hydrogens is 230 g/mol. The number of nitrogens with zero attached hydrogens (tertiary/aromatic N) is 1. The molecule has 16 heavy (non-hydrogen) atoms. The van der Waals surface area contributed by atoms with Crippen LogP contribution < -0.4 is 5.32 Å². The summed E-state index contributed by atoms with van der Waals surface area (Å²) in [6.07, 6.45) is 0.341. The van der Waals surface area contributed by atoms with Crippen LogP contribution in [0, 0.1) is 11.3 Å². The highest BCUT2D eigenvalue weighted by Crippen LogP contribution is 2.31. The van der Waals surface area contributed by atoms with Gasteiger partial charge in [0.1, 0.15) is 0 Å². The average Bonchev–Trinajstić information content (AvgIpc) is 2.20. The van der Waals surface area contributed by atoms with E-state index in [9.17, 15) is 8.78 Å². The minimum absolute atomic E-state index is 0.0515. The number of anilines is 1. The topological polar surface area (TPSA) is 35.8 Å². The number of nitriles is 1. The minimum Gasteiger partial charge on any atom is -0.381 e. The summed E-state index contributed by atoms with van der Waals surface area (Å²) >= 11 is 0.506. The second kappa shape index (κ2) is 6.33. The van der Waals surface area contributed by atoms with Gasteiger partial charge in [-0.2, -0.15) is 14.0 Å². The summed E-state index contributed by atoms with van der Waals surface area (Å²) in [7, 11) is 0. The summed E-state index contributed by atoms with van der Waals surface area (Å²) in [5.41, 5.74) is 0.649. The minimum atomic E-state index is -2.44. The zero-order valence-corrected chi connectivity index (χ0v) is 9.60. The third-order valence-electron chi connectivity index (χ3n) is 1.90. The second-order valence-electron chi connectivity index (χ2n) is 3.28. The van der Waals surface area contributed by atoms with Crippen LogP contribution in [0.15, 0.2) is 29.2 Å². The molecule has 0 bridgehead atoms. The van der Waals surface area contributed by atoms with Gasteiger partial charge in [0.15, 0.2) is 0 Å². The largest absolute Gasteiger partial charge is 0.381 e. The van der Waals surface area contributed by atoms with E-state index in [2.05, 4.69) is 5.32 Å². The smallest absolute Gasteiger partial charge is 0.288 e. The number of thioether (sulfide) groups is 1. The molecule has 2 nitrogen and oxygen atoms in total. The molecule has 1 N–H and O–H groups in total. The van der Waals surface area contributed by atoms with Crippen molar-refractivity contribution in [2.75, 3.05) is 5.32 Å². The molecule has 0 aliphatic carbocycles. The van der Waals surface area contributed by atoms with Crippen LogP contribution in [0.4, 0.5) is 14.5 Å². The van der Waals surface area contributed by atoms with E-state index in [4.69, 9.17) is 5.26 Å². The maximum atomic E-state index is 12.3. The monoisotopic (exact) mass is 242 g/mol. The van der Waals surface area contributed by atoms with E-state index in [0.717, 1.165) is 0 Å². The standard InChI is InChI=1S/C11H12F2N2S/c1-8(6-7-14)15-9-4-2-3-5-10(9)16-11(12)13/h2-5,8,11,15H,6H2,1H3. The van der Waals surface area contributed by atoms with Crippen molar-refractivity contribution >= 4 is 17.4 Å². The maximum Gasteiger partial charge on any atom is 0.288 e. The van der Waals surface area contributed by atoms with Crippen molar-refractivity contribution < 1.29 is 8.78 Å². The van der Waals surface area contributed by atoms with Gasteiger partial charge in [0.25, 0.3) is 5.76 Å². The average molecular weight is 242 g/mol. The normalized spacial score (nSPS) is 12.2. The predicted octanol–water partition coefficient (Wildman–Crippen LogP) is 3.72. The van der Waals surface area contributed by atoms with Gasteiger partial charge in [0, 0.05) is 16.6 Å². The molecule has 0 aromatic heterocycles. The highest BCUT2D eigenvalue weighted by atomic mass is 32.2. The highest BCUT2D eigenvalue weighted by molar-refractivity contribution is 7.99. The molecule has 0 saturated carbocycles. The first-order valence-corrected chi connectivity index (χ1v) is 5.68. The lowest BCUT2D eigenvalue weighted by molar-refractivity contribution is 0.252. The van der Waals surface area contributed by atoms with E-state index in [-0.39, 0.29) is 6.04 Å². The van der Waals surface area contributed by atoms with Crippen LogP contribution in [-0.4, -0.2) is 11.8 Å². The van der Waals surface area contributed by atoms with Crippen molar-refractivity contribution in [1.82, 2.24) is 0 Å². The van der Waals surface area contributed by atoms with Crippen LogP contribution in [0.1, 0.15) is 13.3 Å². The van der Waals surface area contributed by atoms with Crippen molar-refractivity contribution in [1.29, 1.82) is 5.26 Å². The molecule has 0 aliphatic heterocycles. The Labute approximate surface area is 97.7 Å². The Morgan fingerprint density at radius 2 is 2.12 bits per heavy atom. The van der Waals surface area contributed by atoms with E-state index in [1.807, 2.05) is 13.0 Å². The summed E-state index contributed by atoms with van der Waals surface area (Å²) in [5.74, 6) is -2.44. The lowest BCUT2D eigenvalue weighted by Gasteiger charge is -2.15. The maximum absolute atomic E-state index is 12.3. The summed E-state index contributed by atoms with van der Waals surface area (Å²) in [5, 5.41) is 11.6. The van der Waals surface area contributed by atoms with Gasteiger partial charge in [0.05, 0.1) is 12.5 Å². The van der Waals surface area contributed by atoms with Crippen molar-refractivity contribution in [2.45, 2.75) is 30.0 Å². The number of hydrogen-bond acceptors (Lipinski definition) is 3. The fourth-order valence-corrected chi connectivity index (χ4v) is 1.84. The Hall–Kier alpha value is -1.28. The van der Waals surface area contributed by atoms with Crippen LogP contribution >= 0.6 is 11.8 Å². The van der Waals surface area contributed by atoms with Crippen LogP contribution in [0.2, 0.25) is 0 Å². The van der Waals surface area contributed by atoms with Gasteiger partial charge in [-0.25, -0.2) is 0 Å². The third kappa shape index (κ3) is 4.07. The molecule has 0 saturated heterocycles. The van der Waals surface area contributed by atoms with Crippen molar-refractivity contribution in [3.63, 3.8) is 0 Å². The molecule has 1 atom stereocenters. The number of alkyl halides is 2. The summed E-state index contributed by atoms with van der Waals surface area (Å²) in [6, 6.07) is 8.84. The number of benzene rings is 1. The molecule has 5 heteroatoms. The van der Waals surface area contributed by atoms with Gasteiger partial charge < -0.3 is 5.32 Å². The highest BCUT2D eigenvalue weighted by Gasteiger charge is 2.10. The fourth-order valence-electron chi connectivity index (χ4n) is 1.24. The van der Waals surface area contributed by atoms with Gasteiger partial charge in [-0.15, -0.1) is 0 Å². The summed E-state index contributed by atoms with van der Waals surface area (Å²) < 4.78 is 24.5. The molecule has 1 aromatic rings. The molecule has 0 spiro atoms. The fraction of sp³-hybridized carbons (Fsp3) is 0.364. The summed E-state index contributed by atoms with van der Waals surface area (Å²) in [4.78, 5) is 0.502. The Morgan fingerprint density at radius 3 is 2.75 bits per heavy atom. The molecule has 1 unspecified atom stereocenters. The lowest BCUT2D eigenvalue weighted by atomic mass is 10.2. The molecule has 0 fully saturated rings. The first kappa shape index (κ1) is 12.8. The molecule has 1 aromatic carbocycles. The van der Waals surface area contributed by atoms with Gasteiger partial charge in [-0.05, 0) is 19.1 Å². The van der Waals surface area contributed by atoms with E-state index >= 15 is 0 Å². The van der Waals surface area contributed by atoms with E-state index in [0.29, 0.717) is 28.8 Å².